The molecule has 0 aliphatic heterocycles. The van der Waals surface area contributed by atoms with E-state index in [0.29, 0.717) is 6.54 Å². The molecule has 1 N–H and O–H groups in total. The average molecular weight is 215 g/mol. The summed E-state index contributed by atoms with van der Waals surface area (Å²) in [6, 6.07) is 0. The summed E-state index contributed by atoms with van der Waals surface area (Å²) < 4.78 is 0. The Morgan fingerprint density at radius 1 is 1.27 bits per heavy atom. The Morgan fingerprint density at radius 3 is 2.00 bits per heavy atom. The van der Waals surface area contributed by atoms with Crippen molar-refractivity contribution < 1.29 is 9.90 Å². The Morgan fingerprint density at radius 2 is 1.73 bits per heavy atom. The highest BCUT2D eigenvalue weighted by atomic mass is 16.3. The second kappa shape index (κ2) is 5.61. The first-order valence-electron chi connectivity index (χ1n) is 5.66. The van der Waals surface area contributed by atoms with Gasteiger partial charge in [-0.15, -0.1) is 0 Å². The standard InChI is InChI=1S/C12H25NO2/c1-6-12(7-2,10-15)8-13(5)11(3,4)9-14/h10,14H,6-9H2,1-5H3. The summed E-state index contributed by atoms with van der Waals surface area (Å²) in [4.78, 5) is 13.2. The maximum absolute atomic E-state index is 11.2. The van der Waals surface area contributed by atoms with Crippen molar-refractivity contribution >= 4 is 6.29 Å². The van der Waals surface area contributed by atoms with Gasteiger partial charge in [-0.2, -0.15) is 0 Å². The summed E-state index contributed by atoms with van der Waals surface area (Å²) in [6.07, 6.45) is 2.76. The largest absolute Gasteiger partial charge is 0.394 e. The van der Waals surface area contributed by atoms with Crippen LogP contribution in [-0.2, 0) is 4.79 Å². The van der Waals surface area contributed by atoms with Crippen LogP contribution >= 0.6 is 0 Å². The molecule has 0 heterocycles. The molecular formula is C12H25NO2. The van der Waals surface area contributed by atoms with E-state index < -0.39 is 0 Å². The van der Waals surface area contributed by atoms with E-state index in [1.54, 1.807) is 0 Å². The summed E-state index contributed by atoms with van der Waals surface area (Å²) in [5.74, 6) is 0. The zero-order chi connectivity index (χ0) is 12.1. The van der Waals surface area contributed by atoms with E-state index in [2.05, 4.69) is 4.90 Å². The summed E-state index contributed by atoms with van der Waals surface area (Å²) in [6.45, 7) is 8.85. The second-order valence-electron chi connectivity index (χ2n) is 5.01. The van der Waals surface area contributed by atoms with Crippen molar-refractivity contribution in [1.29, 1.82) is 0 Å². The van der Waals surface area contributed by atoms with Gasteiger partial charge in [0.25, 0.3) is 0 Å². The van der Waals surface area contributed by atoms with Crippen molar-refractivity contribution in [3.63, 3.8) is 0 Å². The Balaban J connectivity index is 4.61. The van der Waals surface area contributed by atoms with Crippen LogP contribution in [0.3, 0.4) is 0 Å². The molecule has 3 heteroatoms. The van der Waals surface area contributed by atoms with E-state index >= 15 is 0 Å². The van der Waals surface area contributed by atoms with Gasteiger partial charge in [-0.3, -0.25) is 4.90 Å². The van der Waals surface area contributed by atoms with Crippen LogP contribution in [-0.4, -0.2) is 42.0 Å². The molecule has 0 saturated heterocycles. The number of aliphatic hydroxyl groups is 1. The lowest BCUT2D eigenvalue weighted by Crippen LogP contribution is -2.49. The number of carbonyl (C=O) groups is 1. The first kappa shape index (κ1) is 14.6. The molecule has 0 radical (unpaired) electrons. The second-order valence-corrected chi connectivity index (χ2v) is 5.01. The first-order chi connectivity index (χ1) is 6.87. The third kappa shape index (κ3) is 3.58. The van der Waals surface area contributed by atoms with E-state index in [1.165, 1.54) is 0 Å². The minimum atomic E-state index is -0.265. The van der Waals surface area contributed by atoms with E-state index in [4.69, 9.17) is 0 Å². The lowest BCUT2D eigenvalue weighted by molar-refractivity contribution is -0.118. The average Bonchev–Trinajstić information content (AvgIpc) is 2.25. The lowest BCUT2D eigenvalue weighted by Gasteiger charge is -2.39. The topological polar surface area (TPSA) is 40.5 Å². The number of aliphatic hydroxyl groups excluding tert-OH is 1. The molecule has 0 unspecified atom stereocenters. The third-order valence-corrected chi connectivity index (χ3v) is 3.63. The lowest BCUT2D eigenvalue weighted by atomic mass is 9.82. The SMILES string of the molecule is CCC(C=O)(CC)CN(C)C(C)(C)CO. The molecule has 90 valence electrons. The van der Waals surface area contributed by atoms with Crippen molar-refractivity contribution in [3.8, 4) is 0 Å². The van der Waals surface area contributed by atoms with Crippen LogP contribution in [0.2, 0.25) is 0 Å². The van der Waals surface area contributed by atoms with Crippen LogP contribution in [0.5, 0.6) is 0 Å². The predicted octanol–water partition coefficient (Wildman–Crippen LogP) is 1.69. The molecule has 0 amide bonds. The molecule has 0 aromatic heterocycles. The fourth-order valence-electron chi connectivity index (χ4n) is 1.48. The number of likely N-dealkylation sites (N-methyl/N-ethyl adjacent to an activating group) is 1. The minimum Gasteiger partial charge on any atom is -0.394 e. The van der Waals surface area contributed by atoms with Crippen LogP contribution in [0.1, 0.15) is 40.5 Å². The number of aldehydes is 1. The van der Waals surface area contributed by atoms with Crippen molar-refractivity contribution in [2.24, 2.45) is 5.41 Å². The quantitative estimate of drug-likeness (QED) is 0.657. The predicted molar refractivity (Wildman–Crippen MR) is 62.9 cm³/mol. The number of hydrogen-bond acceptors (Lipinski definition) is 3. The zero-order valence-electron chi connectivity index (χ0n) is 10.7. The summed E-state index contributed by atoms with van der Waals surface area (Å²) >= 11 is 0. The fraction of sp³-hybridized carbons (Fsp3) is 0.917. The van der Waals surface area contributed by atoms with Gasteiger partial charge in [-0.1, -0.05) is 13.8 Å². The van der Waals surface area contributed by atoms with Gasteiger partial charge in [0.05, 0.1) is 6.61 Å². The van der Waals surface area contributed by atoms with Crippen LogP contribution < -0.4 is 0 Å². The smallest absolute Gasteiger partial charge is 0.127 e. The van der Waals surface area contributed by atoms with Crippen molar-refractivity contribution in [3.05, 3.63) is 0 Å². The molecular weight excluding hydrogens is 190 g/mol. The van der Waals surface area contributed by atoms with Gasteiger partial charge in [0.2, 0.25) is 0 Å². The van der Waals surface area contributed by atoms with Crippen molar-refractivity contribution in [1.82, 2.24) is 4.90 Å². The Labute approximate surface area is 93.5 Å². The highest BCUT2D eigenvalue weighted by Crippen LogP contribution is 2.27. The Bertz CT molecular complexity index is 198. The fourth-order valence-corrected chi connectivity index (χ4v) is 1.48. The van der Waals surface area contributed by atoms with Crippen LogP contribution in [0.15, 0.2) is 0 Å². The van der Waals surface area contributed by atoms with Gasteiger partial charge >= 0.3 is 0 Å². The number of nitrogens with zero attached hydrogens (tertiary/aromatic N) is 1. The molecule has 0 aromatic carbocycles. The van der Waals surface area contributed by atoms with Gasteiger partial charge < -0.3 is 9.90 Å². The molecule has 0 spiro atoms. The first-order valence-corrected chi connectivity index (χ1v) is 5.66. The Kier molecular flexibility index (Phi) is 5.46. The highest BCUT2D eigenvalue weighted by Gasteiger charge is 2.32. The molecule has 0 saturated carbocycles. The number of hydrogen-bond donors (Lipinski definition) is 1. The molecule has 3 nitrogen and oxygen atoms in total. The molecule has 0 fully saturated rings. The monoisotopic (exact) mass is 215 g/mol. The zero-order valence-corrected chi connectivity index (χ0v) is 10.7. The Hall–Kier alpha value is -0.410. The van der Waals surface area contributed by atoms with Crippen molar-refractivity contribution in [2.45, 2.75) is 46.1 Å². The maximum atomic E-state index is 11.2. The van der Waals surface area contributed by atoms with Gasteiger partial charge in [0.1, 0.15) is 6.29 Å². The molecule has 0 rings (SSSR count). The number of rotatable bonds is 7. The van der Waals surface area contributed by atoms with Gasteiger partial charge in [-0.25, -0.2) is 0 Å². The molecule has 0 atom stereocenters. The van der Waals surface area contributed by atoms with E-state index in [0.717, 1.165) is 19.1 Å². The highest BCUT2D eigenvalue weighted by molar-refractivity contribution is 5.59. The third-order valence-electron chi connectivity index (χ3n) is 3.63. The number of carbonyl (C=O) groups excluding carboxylic acids is 1. The summed E-state index contributed by atoms with van der Waals surface area (Å²) in [5, 5.41) is 9.25. The van der Waals surface area contributed by atoms with Gasteiger partial charge in [-0.05, 0) is 33.7 Å². The normalized spacial score (nSPS) is 13.3. The maximum Gasteiger partial charge on any atom is 0.127 e. The minimum absolute atomic E-state index is 0.103. The van der Waals surface area contributed by atoms with Crippen LogP contribution in [0.4, 0.5) is 0 Å². The summed E-state index contributed by atoms with van der Waals surface area (Å²) in [7, 11) is 1.96. The molecule has 0 aliphatic carbocycles. The van der Waals surface area contributed by atoms with E-state index in [-0.39, 0.29) is 17.6 Å². The molecule has 0 bridgehead atoms. The van der Waals surface area contributed by atoms with Crippen LogP contribution in [0, 0.1) is 5.41 Å². The molecule has 0 aromatic rings. The van der Waals surface area contributed by atoms with Gasteiger partial charge in [0.15, 0.2) is 0 Å². The van der Waals surface area contributed by atoms with Gasteiger partial charge in [0, 0.05) is 17.5 Å². The van der Waals surface area contributed by atoms with Crippen LogP contribution in [0.25, 0.3) is 0 Å². The molecule has 0 aliphatic rings. The van der Waals surface area contributed by atoms with Crippen molar-refractivity contribution in [2.75, 3.05) is 20.2 Å². The molecule has 15 heavy (non-hydrogen) atoms. The van der Waals surface area contributed by atoms with E-state index in [1.807, 2.05) is 34.7 Å². The van der Waals surface area contributed by atoms with E-state index in [9.17, 15) is 9.90 Å². The summed E-state index contributed by atoms with van der Waals surface area (Å²) in [5.41, 5.74) is -0.528.